The molecular formula is C20H19BrN4O4. The summed E-state index contributed by atoms with van der Waals surface area (Å²) in [5.41, 5.74) is 10.7. The third-order valence-corrected chi connectivity index (χ3v) is 5.23. The Morgan fingerprint density at radius 1 is 1.31 bits per heavy atom. The van der Waals surface area contributed by atoms with Crippen molar-refractivity contribution >= 4 is 38.4 Å². The number of nitrogen functional groups attached to an aromatic ring is 1. The summed E-state index contributed by atoms with van der Waals surface area (Å²) in [6.07, 6.45) is 4.72. The molecule has 1 aromatic carbocycles. The third kappa shape index (κ3) is 4.16. The number of hydrogen-bond acceptors (Lipinski definition) is 6. The topological polar surface area (TPSA) is 113 Å². The lowest BCUT2D eigenvalue weighted by molar-refractivity contribution is -0.603. The van der Waals surface area contributed by atoms with Crippen molar-refractivity contribution in [2.75, 3.05) is 12.3 Å². The van der Waals surface area contributed by atoms with Crippen LogP contribution >= 0.6 is 15.9 Å². The summed E-state index contributed by atoms with van der Waals surface area (Å²) in [6, 6.07) is 8.96. The molecule has 0 bridgehead atoms. The van der Waals surface area contributed by atoms with Crippen LogP contribution in [-0.2, 0) is 9.57 Å². The highest BCUT2D eigenvalue weighted by molar-refractivity contribution is 9.10. The van der Waals surface area contributed by atoms with Crippen LogP contribution < -0.4 is 15.9 Å². The maximum atomic E-state index is 13.0. The number of benzene rings is 1. The van der Waals surface area contributed by atoms with Gasteiger partial charge in [0.25, 0.3) is 5.91 Å². The molecule has 1 aliphatic heterocycles. The molecule has 4 rings (SSSR count). The van der Waals surface area contributed by atoms with Gasteiger partial charge in [-0.25, -0.2) is 15.3 Å². The molecule has 29 heavy (non-hydrogen) atoms. The van der Waals surface area contributed by atoms with E-state index in [2.05, 4.69) is 26.4 Å². The summed E-state index contributed by atoms with van der Waals surface area (Å²) in [4.78, 5) is 22.9. The predicted molar refractivity (Wildman–Crippen MR) is 110 cm³/mol. The van der Waals surface area contributed by atoms with Crippen molar-refractivity contribution in [1.29, 1.82) is 0 Å². The average Bonchev–Trinajstić information content (AvgIpc) is 2.73. The van der Waals surface area contributed by atoms with Crippen LogP contribution in [0.4, 0.5) is 5.69 Å². The number of rotatable bonds is 4. The molecule has 0 aliphatic carbocycles. The van der Waals surface area contributed by atoms with E-state index in [9.17, 15) is 10.0 Å². The van der Waals surface area contributed by atoms with E-state index in [0.717, 1.165) is 22.9 Å². The third-order valence-electron chi connectivity index (χ3n) is 4.70. The molecule has 1 saturated heterocycles. The van der Waals surface area contributed by atoms with E-state index in [1.165, 1.54) is 12.4 Å². The molecule has 1 atom stereocenters. The molecule has 3 heterocycles. The molecule has 1 unspecified atom stereocenters. The van der Waals surface area contributed by atoms with Crippen molar-refractivity contribution in [2.24, 2.45) is 0 Å². The molecule has 2 aromatic heterocycles. The van der Waals surface area contributed by atoms with E-state index in [1.54, 1.807) is 6.07 Å². The Balaban J connectivity index is 1.75. The van der Waals surface area contributed by atoms with E-state index in [1.807, 2.05) is 24.3 Å². The number of carbonyl (C=O) groups excluding carboxylic acids is 1. The van der Waals surface area contributed by atoms with E-state index in [-0.39, 0.29) is 11.3 Å². The molecule has 1 aliphatic rings. The van der Waals surface area contributed by atoms with Crippen LogP contribution in [0.2, 0.25) is 0 Å². The smallest absolute Gasteiger partial charge is 0.278 e. The molecule has 9 heteroatoms. The SMILES string of the molecule is Nc1c(-c2ccc(Br)cc2)nc2cc[n+]([O-])cc2c1C(=O)NOC1CCCCO1. The number of fused-ring (bicyclic) bond motifs is 1. The van der Waals surface area contributed by atoms with Crippen molar-refractivity contribution in [3.63, 3.8) is 0 Å². The zero-order valence-electron chi connectivity index (χ0n) is 15.4. The minimum absolute atomic E-state index is 0.133. The number of amides is 1. The van der Waals surface area contributed by atoms with Gasteiger partial charge in [0, 0.05) is 29.1 Å². The Bertz CT molecular complexity index is 1050. The predicted octanol–water partition coefficient (Wildman–Crippen LogP) is 3.07. The first-order valence-electron chi connectivity index (χ1n) is 9.18. The average molecular weight is 459 g/mol. The molecule has 0 radical (unpaired) electrons. The van der Waals surface area contributed by atoms with Crippen LogP contribution in [0.1, 0.15) is 29.6 Å². The van der Waals surface area contributed by atoms with E-state index >= 15 is 0 Å². The fraction of sp³-hybridized carbons (Fsp3) is 0.250. The van der Waals surface area contributed by atoms with Gasteiger partial charge in [-0.1, -0.05) is 28.1 Å². The van der Waals surface area contributed by atoms with Crippen molar-refractivity contribution in [3.05, 3.63) is 58.0 Å². The standard InChI is InChI=1S/C20H19BrN4O4/c21-13-6-4-12(5-7-13)19-18(22)17(14-11-25(27)9-8-15(14)23-19)20(26)24-29-16-3-1-2-10-28-16/h4-9,11,16H,1-3,10,22H2,(H,24,26). The highest BCUT2D eigenvalue weighted by Gasteiger charge is 2.23. The zero-order valence-corrected chi connectivity index (χ0v) is 17.0. The Hall–Kier alpha value is -2.75. The molecule has 0 saturated carbocycles. The minimum Gasteiger partial charge on any atom is -0.619 e. The lowest BCUT2D eigenvalue weighted by Gasteiger charge is -2.22. The van der Waals surface area contributed by atoms with E-state index in [0.29, 0.717) is 34.4 Å². The summed E-state index contributed by atoms with van der Waals surface area (Å²) in [5, 5.41) is 12.2. The highest BCUT2D eigenvalue weighted by atomic mass is 79.9. The van der Waals surface area contributed by atoms with Gasteiger partial charge in [-0.3, -0.25) is 4.79 Å². The number of nitrogens with two attached hydrogens (primary N) is 1. The number of halogens is 1. The van der Waals surface area contributed by atoms with Crippen LogP contribution in [0.15, 0.2) is 47.2 Å². The molecule has 3 N–H and O–H groups in total. The number of nitrogens with zero attached hydrogens (tertiary/aromatic N) is 2. The summed E-state index contributed by atoms with van der Waals surface area (Å²) >= 11 is 3.40. The van der Waals surface area contributed by atoms with Gasteiger partial charge in [-0.15, -0.1) is 0 Å². The quantitative estimate of drug-likeness (QED) is 0.352. The van der Waals surface area contributed by atoms with Crippen LogP contribution in [-0.4, -0.2) is 23.8 Å². The van der Waals surface area contributed by atoms with Gasteiger partial charge >= 0.3 is 0 Å². The van der Waals surface area contributed by atoms with Crippen molar-refractivity contribution < 1.29 is 19.1 Å². The Morgan fingerprint density at radius 3 is 2.83 bits per heavy atom. The van der Waals surface area contributed by atoms with Crippen LogP contribution in [0.3, 0.4) is 0 Å². The fourth-order valence-electron chi connectivity index (χ4n) is 3.25. The second-order valence-corrected chi connectivity index (χ2v) is 7.62. The Labute approximate surface area is 175 Å². The minimum atomic E-state index is -0.561. The number of aromatic nitrogens is 2. The van der Waals surface area contributed by atoms with Gasteiger partial charge in [-0.2, -0.15) is 4.73 Å². The van der Waals surface area contributed by atoms with Gasteiger partial charge in [0.05, 0.1) is 27.8 Å². The van der Waals surface area contributed by atoms with E-state index in [4.69, 9.17) is 15.3 Å². The maximum Gasteiger partial charge on any atom is 0.278 e. The number of ether oxygens (including phenoxy) is 1. The van der Waals surface area contributed by atoms with Crippen molar-refractivity contribution in [3.8, 4) is 11.3 Å². The van der Waals surface area contributed by atoms with Crippen LogP contribution in [0, 0.1) is 5.21 Å². The fourth-order valence-corrected chi connectivity index (χ4v) is 3.52. The first-order valence-corrected chi connectivity index (χ1v) is 9.98. The molecule has 3 aromatic rings. The molecule has 1 fully saturated rings. The van der Waals surface area contributed by atoms with Crippen LogP contribution in [0.25, 0.3) is 22.2 Å². The number of carbonyl (C=O) groups is 1. The monoisotopic (exact) mass is 458 g/mol. The van der Waals surface area contributed by atoms with Crippen LogP contribution in [0.5, 0.6) is 0 Å². The van der Waals surface area contributed by atoms with Crippen molar-refractivity contribution in [2.45, 2.75) is 25.6 Å². The molecular weight excluding hydrogens is 440 g/mol. The lowest BCUT2D eigenvalue weighted by atomic mass is 10.0. The second kappa shape index (κ2) is 8.32. The van der Waals surface area contributed by atoms with E-state index < -0.39 is 12.2 Å². The normalized spacial score (nSPS) is 16.7. The largest absolute Gasteiger partial charge is 0.619 e. The second-order valence-electron chi connectivity index (χ2n) is 6.70. The molecule has 8 nitrogen and oxygen atoms in total. The van der Waals surface area contributed by atoms with Gasteiger partial charge in [0.2, 0.25) is 0 Å². The number of anilines is 1. The Kier molecular flexibility index (Phi) is 5.61. The summed E-state index contributed by atoms with van der Waals surface area (Å²) in [7, 11) is 0. The summed E-state index contributed by atoms with van der Waals surface area (Å²) in [6.45, 7) is 0.588. The number of pyridine rings is 2. The van der Waals surface area contributed by atoms with Crippen molar-refractivity contribution in [1.82, 2.24) is 10.5 Å². The first kappa shape index (κ1) is 19.6. The molecule has 1 amide bonds. The van der Waals surface area contributed by atoms with Gasteiger partial charge in [-0.05, 0) is 25.0 Å². The lowest BCUT2D eigenvalue weighted by Crippen LogP contribution is -2.34. The van der Waals surface area contributed by atoms with Gasteiger partial charge in [0.15, 0.2) is 18.7 Å². The maximum absolute atomic E-state index is 13.0. The number of hydroxylamine groups is 1. The first-order chi connectivity index (χ1) is 14.0. The number of hydrogen-bond donors (Lipinski definition) is 2. The molecule has 150 valence electrons. The number of nitrogens with one attached hydrogen (secondary N) is 1. The van der Waals surface area contributed by atoms with Gasteiger partial charge in [0.1, 0.15) is 0 Å². The Morgan fingerprint density at radius 2 is 2.10 bits per heavy atom. The summed E-state index contributed by atoms with van der Waals surface area (Å²) in [5.74, 6) is -0.561. The highest BCUT2D eigenvalue weighted by Crippen LogP contribution is 2.32. The van der Waals surface area contributed by atoms with Gasteiger partial charge < -0.3 is 15.7 Å². The zero-order chi connectivity index (χ0) is 20.4. The molecule has 0 spiro atoms. The summed E-state index contributed by atoms with van der Waals surface area (Å²) < 4.78 is 6.98.